The van der Waals surface area contributed by atoms with Gasteiger partial charge in [0.05, 0.1) is 25.7 Å². The van der Waals surface area contributed by atoms with E-state index in [1.165, 1.54) is 99.6 Å². The molecule has 2 aliphatic heterocycles. The van der Waals surface area contributed by atoms with E-state index in [9.17, 15) is 25.9 Å². The van der Waals surface area contributed by atoms with Crippen molar-refractivity contribution in [1.82, 2.24) is 4.90 Å². The van der Waals surface area contributed by atoms with Crippen LogP contribution in [0.1, 0.15) is 150 Å². The van der Waals surface area contributed by atoms with E-state index < -0.39 is 20.2 Å². The fraction of sp³-hybridized carbons (Fsp3) is 0.804. The maximum Gasteiger partial charge on any atom is 1.00 e. The van der Waals surface area contributed by atoms with Gasteiger partial charge in [0.1, 0.15) is 6.54 Å². The third-order valence-electron chi connectivity index (χ3n) is 16.2. The molecule has 1 saturated heterocycles. The van der Waals surface area contributed by atoms with Crippen LogP contribution in [-0.2, 0) is 20.2 Å². The maximum absolute atomic E-state index is 11.4. The van der Waals surface area contributed by atoms with Crippen molar-refractivity contribution < 1.29 is 60.1 Å². The SMILES string of the molecule is CC1(C)C(/C=C/C2=C(Cl)C(=C/C=C3/N(CCCCS(=O)(=O)[O-])C4CCC5CCCCC5C4C3(C)C)/CCC2)=[N+](CCCCS(=O)(=O)[O-])C2CCC3CCCCC3C21.[Na+]. The molecule has 8 unspecified atom stereocenters. The first-order valence-corrected chi connectivity index (χ1v) is 26.3. The molecular formula is C46H70ClN2NaO6S2. The Morgan fingerprint density at radius 3 is 1.97 bits per heavy atom. The number of hydrogen-bond donors (Lipinski definition) is 0. The van der Waals surface area contributed by atoms with E-state index in [2.05, 4.69) is 61.5 Å². The quantitative estimate of drug-likeness (QED) is 0.0876. The Balaban J connectivity index is 0.00000567. The van der Waals surface area contributed by atoms with E-state index in [0.717, 1.165) is 61.1 Å². The molecule has 0 aromatic rings. The minimum atomic E-state index is -4.23. The van der Waals surface area contributed by atoms with Gasteiger partial charge in [0.2, 0.25) is 0 Å². The second kappa shape index (κ2) is 19.1. The number of unbranched alkanes of at least 4 members (excludes halogenated alkanes) is 2. The van der Waals surface area contributed by atoms with E-state index in [0.29, 0.717) is 49.6 Å². The summed E-state index contributed by atoms with van der Waals surface area (Å²) in [5, 5.41) is 0.843. The number of fused-ring (bicyclic) bond motifs is 6. The van der Waals surface area contributed by atoms with E-state index in [-0.39, 0.29) is 51.9 Å². The Bertz CT molecular complexity index is 1880. The minimum Gasteiger partial charge on any atom is -0.748 e. The maximum atomic E-state index is 11.4. The third kappa shape index (κ3) is 10.2. The average molecular weight is 870 g/mol. The fourth-order valence-electron chi connectivity index (χ4n) is 13.9. The van der Waals surface area contributed by atoms with Gasteiger partial charge in [0.25, 0.3) is 0 Å². The first-order valence-electron chi connectivity index (χ1n) is 22.7. The van der Waals surface area contributed by atoms with Gasteiger partial charge in [0.15, 0.2) is 11.8 Å². The van der Waals surface area contributed by atoms with Crippen LogP contribution in [0.15, 0.2) is 46.2 Å². The van der Waals surface area contributed by atoms with Crippen LogP contribution >= 0.6 is 11.6 Å². The van der Waals surface area contributed by atoms with Gasteiger partial charge < -0.3 is 14.0 Å². The molecule has 0 radical (unpaired) electrons. The summed E-state index contributed by atoms with van der Waals surface area (Å²) in [6.45, 7) is 11.3. The Morgan fingerprint density at radius 2 is 1.31 bits per heavy atom. The van der Waals surface area contributed by atoms with Crippen molar-refractivity contribution in [2.75, 3.05) is 24.6 Å². The van der Waals surface area contributed by atoms with Gasteiger partial charge in [-0.2, -0.15) is 0 Å². The average Bonchev–Trinajstić information content (AvgIpc) is 3.51. The predicted octanol–water partition coefficient (Wildman–Crippen LogP) is 6.69. The molecule has 7 aliphatic rings. The third-order valence-corrected chi connectivity index (χ3v) is 18.3. The Hall–Kier alpha value is -0.460. The van der Waals surface area contributed by atoms with Gasteiger partial charge in [-0.05, 0) is 131 Å². The summed E-state index contributed by atoms with van der Waals surface area (Å²) in [7, 11) is -8.45. The summed E-state index contributed by atoms with van der Waals surface area (Å²) >= 11 is 7.37. The largest absolute Gasteiger partial charge is 1.00 e. The molecule has 0 spiro atoms. The van der Waals surface area contributed by atoms with Crippen LogP contribution < -0.4 is 29.6 Å². The smallest absolute Gasteiger partial charge is 0.748 e. The van der Waals surface area contributed by atoms with Gasteiger partial charge in [-0.3, -0.25) is 0 Å². The zero-order valence-electron chi connectivity index (χ0n) is 36.2. The summed E-state index contributed by atoms with van der Waals surface area (Å²) < 4.78 is 71.2. The van der Waals surface area contributed by atoms with Crippen LogP contribution in [0.4, 0.5) is 0 Å². The number of allylic oxidation sites excluding steroid dienone is 8. The van der Waals surface area contributed by atoms with Gasteiger partial charge in [-0.1, -0.05) is 76.1 Å². The molecule has 0 aromatic heterocycles. The summed E-state index contributed by atoms with van der Waals surface area (Å²) in [4.78, 5) is 2.60. The van der Waals surface area contributed by atoms with E-state index in [1.54, 1.807) is 0 Å². The molecule has 0 amide bonds. The number of likely N-dealkylation sites (tertiary alicyclic amines) is 1. The van der Waals surface area contributed by atoms with Gasteiger partial charge >= 0.3 is 29.6 Å². The molecule has 320 valence electrons. The van der Waals surface area contributed by atoms with Crippen molar-refractivity contribution in [1.29, 1.82) is 0 Å². The van der Waals surface area contributed by atoms with Crippen LogP contribution in [0, 0.1) is 46.3 Å². The topological polar surface area (TPSA) is 121 Å². The summed E-state index contributed by atoms with van der Waals surface area (Å²) in [6.07, 6.45) is 29.7. The molecule has 0 aromatic carbocycles. The van der Waals surface area contributed by atoms with Crippen LogP contribution in [0.2, 0.25) is 0 Å². The normalized spacial score (nSPS) is 34.9. The number of hydrogen-bond acceptors (Lipinski definition) is 7. The Morgan fingerprint density at radius 1 is 0.707 bits per heavy atom. The summed E-state index contributed by atoms with van der Waals surface area (Å²) in [5.41, 5.74) is 4.94. The molecule has 2 heterocycles. The van der Waals surface area contributed by atoms with E-state index >= 15 is 0 Å². The van der Waals surface area contributed by atoms with Crippen LogP contribution in [-0.4, -0.2) is 77.8 Å². The van der Waals surface area contributed by atoms with Crippen molar-refractivity contribution in [3.8, 4) is 0 Å². The molecule has 5 aliphatic carbocycles. The number of halogens is 1. The molecule has 12 heteroatoms. The monoisotopic (exact) mass is 868 g/mol. The van der Waals surface area contributed by atoms with Crippen molar-refractivity contribution >= 4 is 37.5 Å². The zero-order chi connectivity index (χ0) is 40.8. The molecular weight excluding hydrogens is 799 g/mol. The number of nitrogens with zero attached hydrogens (tertiary/aromatic N) is 2. The molecule has 7 rings (SSSR count). The van der Waals surface area contributed by atoms with Crippen LogP contribution in [0.5, 0.6) is 0 Å². The number of rotatable bonds is 13. The molecule has 5 fully saturated rings. The van der Waals surface area contributed by atoms with Crippen molar-refractivity contribution in [2.45, 2.75) is 162 Å². The van der Waals surface area contributed by atoms with E-state index in [1.807, 2.05) is 0 Å². The summed E-state index contributed by atoms with van der Waals surface area (Å²) in [6, 6.07) is 0.881. The van der Waals surface area contributed by atoms with Crippen LogP contribution in [0.3, 0.4) is 0 Å². The van der Waals surface area contributed by atoms with Crippen LogP contribution in [0.25, 0.3) is 0 Å². The molecule has 8 nitrogen and oxygen atoms in total. The van der Waals surface area contributed by atoms with E-state index in [4.69, 9.17) is 11.6 Å². The first-order chi connectivity index (χ1) is 27.0. The Kier molecular flexibility index (Phi) is 15.5. The second-order valence-electron chi connectivity index (χ2n) is 20.2. The second-order valence-corrected chi connectivity index (χ2v) is 23.6. The first kappa shape index (κ1) is 47.0. The zero-order valence-corrected chi connectivity index (χ0v) is 40.6. The minimum absolute atomic E-state index is 0. The molecule has 0 bridgehead atoms. The predicted molar refractivity (Wildman–Crippen MR) is 228 cm³/mol. The van der Waals surface area contributed by atoms with Gasteiger partial charge in [-0.25, -0.2) is 21.4 Å². The molecule has 8 atom stereocenters. The van der Waals surface area contributed by atoms with Crippen molar-refractivity contribution in [2.24, 2.45) is 46.3 Å². The molecule has 0 N–H and O–H groups in total. The molecule has 4 saturated carbocycles. The van der Waals surface area contributed by atoms with Gasteiger partial charge in [-0.15, -0.1) is 0 Å². The molecule has 58 heavy (non-hydrogen) atoms. The summed E-state index contributed by atoms with van der Waals surface area (Å²) in [5.74, 6) is 3.56. The Labute approximate surface area is 378 Å². The van der Waals surface area contributed by atoms with Gasteiger partial charge in [0, 0.05) is 65.1 Å². The standard InChI is InChI=1S/C46H71ClN2O6S2.Na/c1-45(2)40(48(28-9-11-30-56(50,51)52)38-24-20-32-14-5-7-18-36(32)42(38)45)26-22-34-16-13-17-35(44(34)47)23-27-41-46(3,4)43-37-19-8-6-15-33(37)21-25-39(43)49(41)29-10-12-31-57(53,54)55;/h22-23,26-27,32-33,36-39,42-43H,5-21,24-25,28-31H2,1-4H3,(H-,50,51,52,53,54,55);/q;+1/p-1. The fourth-order valence-corrected chi connectivity index (χ4v) is 15.3. The van der Waals surface area contributed by atoms with Crippen molar-refractivity contribution in [3.05, 3.63) is 46.2 Å². The van der Waals surface area contributed by atoms with Crippen molar-refractivity contribution in [3.63, 3.8) is 0 Å².